The van der Waals surface area contributed by atoms with Crippen molar-refractivity contribution in [3.63, 3.8) is 0 Å². The predicted molar refractivity (Wildman–Crippen MR) is 105 cm³/mol. The number of ether oxygens (including phenoxy) is 1. The summed E-state index contributed by atoms with van der Waals surface area (Å²) in [5.41, 5.74) is 2.80. The Hall–Kier alpha value is -3.39. The summed E-state index contributed by atoms with van der Waals surface area (Å²) in [6.45, 7) is 2.98. The van der Waals surface area contributed by atoms with Crippen LogP contribution in [0.3, 0.4) is 0 Å². The Labute approximate surface area is 158 Å². The Bertz CT molecular complexity index is 989. The molecule has 1 N–H and O–H groups in total. The minimum Gasteiger partial charge on any atom is -0.493 e. The molecule has 27 heavy (non-hydrogen) atoms. The number of carbonyl (C=O) groups is 1. The summed E-state index contributed by atoms with van der Waals surface area (Å²) in [6.07, 6.45) is 3.27. The molecule has 0 saturated carbocycles. The van der Waals surface area contributed by atoms with Crippen molar-refractivity contribution in [1.82, 2.24) is 15.3 Å². The molecular weight excluding hydrogens is 338 g/mol. The van der Waals surface area contributed by atoms with Gasteiger partial charge in [-0.2, -0.15) is 0 Å². The molecule has 0 fully saturated rings. The predicted octanol–water partition coefficient (Wildman–Crippen LogP) is 3.74. The van der Waals surface area contributed by atoms with Gasteiger partial charge in [-0.15, -0.1) is 5.92 Å². The summed E-state index contributed by atoms with van der Waals surface area (Å²) in [6, 6.07) is 14.8. The average molecular weight is 359 g/mol. The lowest BCUT2D eigenvalue weighted by Gasteiger charge is -2.08. The summed E-state index contributed by atoms with van der Waals surface area (Å²) in [4.78, 5) is 20.9. The van der Waals surface area contributed by atoms with Gasteiger partial charge in [0, 0.05) is 25.6 Å². The van der Waals surface area contributed by atoms with Gasteiger partial charge in [-0.3, -0.25) is 9.78 Å². The van der Waals surface area contributed by atoms with Crippen molar-refractivity contribution < 1.29 is 9.53 Å². The number of amides is 1. The van der Waals surface area contributed by atoms with Crippen molar-refractivity contribution in [2.75, 3.05) is 6.61 Å². The fraction of sp³-hybridized carbons (Fsp3) is 0.227. The zero-order chi connectivity index (χ0) is 18.9. The summed E-state index contributed by atoms with van der Waals surface area (Å²) in [7, 11) is 0. The summed E-state index contributed by atoms with van der Waals surface area (Å²) in [5, 5.41) is 2.89. The van der Waals surface area contributed by atoms with Crippen LogP contribution in [-0.4, -0.2) is 22.5 Å². The van der Waals surface area contributed by atoms with E-state index >= 15 is 0 Å². The molecule has 3 aromatic rings. The number of rotatable bonds is 6. The average Bonchev–Trinajstić information content (AvgIpc) is 2.72. The zero-order valence-electron chi connectivity index (χ0n) is 15.2. The van der Waals surface area contributed by atoms with Crippen molar-refractivity contribution in [2.24, 2.45) is 0 Å². The third-order valence-electron chi connectivity index (χ3n) is 3.84. The Balaban J connectivity index is 1.57. The highest BCUT2D eigenvalue weighted by molar-refractivity contribution is 5.94. The highest BCUT2D eigenvalue weighted by atomic mass is 16.5. The standard InChI is InChI=1S/C22H21N3O2/c1-2-3-4-5-14-27-18-9-6-8-17(15-18)16-24-22(26)21-12-11-19-20(25-21)10-7-13-23-19/h6-13,15H,2,5,14,16H2,1H3,(H,24,26). The van der Waals surface area contributed by atoms with Crippen molar-refractivity contribution in [1.29, 1.82) is 0 Å². The van der Waals surface area contributed by atoms with E-state index in [1.54, 1.807) is 24.4 Å². The molecule has 0 radical (unpaired) electrons. The highest BCUT2D eigenvalue weighted by Crippen LogP contribution is 2.14. The Morgan fingerprint density at radius 3 is 2.93 bits per heavy atom. The molecule has 0 bridgehead atoms. The van der Waals surface area contributed by atoms with Gasteiger partial charge in [0.2, 0.25) is 0 Å². The molecule has 2 aromatic heterocycles. The van der Waals surface area contributed by atoms with E-state index in [2.05, 4.69) is 27.1 Å². The van der Waals surface area contributed by atoms with E-state index in [9.17, 15) is 4.79 Å². The number of nitrogens with zero attached hydrogens (tertiary/aromatic N) is 2. The van der Waals surface area contributed by atoms with Crippen LogP contribution in [0.4, 0.5) is 0 Å². The van der Waals surface area contributed by atoms with Crippen LogP contribution < -0.4 is 10.1 Å². The van der Waals surface area contributed by atoms with Crippen molar-refractivity contribution >= 4 is 16.9 Å². The molecule has 5 nitrogen and oxygen atoms in total. The number of fused-ring (bicyclic) bond motifs is 1. The van der Waals surface area contributed by atoms with E-state index in [1.807, 2.05) is 37.3 Å². The normalized spacial score (nSPS) is 10.1. The maximum absolute atomic E-state index is 12.4. The monoisotopic (exact) mass is 359 g/mol. The fourth-order valence-electron chi connectivity index (χ4n) is 2.53. The van der Waals surface area contributed by atoms with E-state index in [-0.39, 0.29) is 5.91 Å². The van der Waals surface area contributed by atoms with Crippen LogP contribution in [0.25, 0.3) is 11.0 Å². The lowest BCUT2D eigenvalue weighted by Crippen LogP contribution is -2.23. The van der Waals surface area contributed by atoms with Crippen LogP contribution in [-0.2, 0) is 6.54 Å². The maximum atomic E-state index is 12.4. The van der Waals surface area contributed by atoms with E-state index in [4.69, 9.17) is 4.74 Å². The molecule has 0 saturated heterocycles. The highest BCUT2D eigenvalue weighted by Gasteiger charge is 2.08. The number of nitrogens with one attached hydrogen (secondary N) is 1. The molecule has 1 amide bonds. The van der Waals surface area contributed by atoms with Crippen molar-refractivity contribution in [2.45, 2.75) is 26.3 Å². The van der Waals surface area contributed by atoms with Crippen LogP contribution in [0.5, 0.6) is 5.75 Å². The van der Waals surface area contributed by atoms with Crippen LogP contribution in [0.2, 0.25) is 0 Å². The molecule has 0 aliphatic carbocycles. The molecule has 1 aromatic carbocycles. The van der Waals surface area contributed by atoms with Gasteiger partial charge in [0.1, 0.15) is 11.4 Å². The fourth-order valence-corrected chi connectivity index (χ4v) is 2.53. The van der Waals surface area contributed by atoms with Gasteiger partial charge in [-0.05, 0) is 42.0 Å². The molecular formula is C22H21N3O2. The minimum absolute atomic E-state index is 0.220. The molecule has 0 aliphatic rings. The number of hydrogen-bond acceptors (Lipinski definition) is 4. The minimum atomic E-state index is -0.220. The van der Waals surface area contributed by atoms with Gasteiger partial charge in [-0.1, -0.05) is 25.0 Å². The summed E-state index contributed by atoms with van der Waals surface area (Å²) >= 11 is 0. The van der Waals surface area contributed by atoms with Crippen LogP contribution in [0.15, 0.2) is 54.7 Å². The number of pyridine rings is 2. The van der Waals surface area contributed by atoms with E-state index in [1.165, 1.54) is 0 Å². The maximum Gasteiger partial charge on any atom is 0.270 e. The van der Waals surface area contributed by atoms with Crippen molar-refractivity contribution in [3.05, 3.63) is 66.0 Å². The third kappa shape index (κ3) is 5.29. The Morgan fingerprint density at radius 2 is 2.04 bits per heavy atom. The quantitative estimate of drug-likeness (QED) is 0.538. The molecule has 3 rings (SSSR count). The van der Waals surface area contributed by atoms with E-state index in [0.29, 0.717) is 30.8 Å². The first kappa shape index (κ1) is 18.4. The van der Waals surface area contributed by atoms with Crippen molar-refractivity contribution in [3.8, 4) is 17.6 Å². The van der Waals surface area contributed by atoms with E-state index in [0.717, 1.165) is 23.3 Å². The van der Waals surface area contributed by atoms with Gasteiger partial charge in [0.05, 0.1) is 17.6 Å². The number of benzene rings is 1. The molecule has 5 heteroatoms. The zero-order valence-corrected chi connectivity index (χ0v) is 15.2. The second-order valence-electron chi connectivity index (χ2n) is 5.87. The van der Waals surface area contributed by atoms with Crippen LogP contribution >= 0.6 is 0 Å². The number of aromatic nitrogens is 2. The smallest absolute Gasteiger partial charge is 0.270 e. The largest absolute Gasteiger partial charge is 0.493 e. The Morgan fingerprint density at radius 1 is 1.11 bits per heavy atom. The molecule has 0 spiro atoms. The second-order valence-corrected chi connectivity index (χ2v) is 5.87. The first-order valence-corrected chi connectivity index (χ1v) is 8.93. The van der Waals surface area contributed by atoms with Gasteiger partial charge < -0.3 is 10.1 Å². The molecule has 136 valence electrons. The first-order valence-electron chi connectivity index (χ1n) is 8.93. The van der Waals surface area contributed by atoms with Gasteiger partial charge in [0.15, 0.2) is 0 Å². The summed E-state index contributed by atoms with van der Waals surface area (Å²) < 4.78 is 5.70. The van der Waals surface area contributed by atoms with Gasteiger partial charge in [0.25, 0.3) is 5.91 Å². The Kier molecular flexibility index (Phi) is 6.37. The number of hydrogen-bond donors (Lipinski definition) is 1. The molecule has 0 unspecified atom stereocenters. The third-order valence-corrected chi connectivity index (χ3v) is 3.84. The van der Waals surface area contributed by atoms with Gasteiger partial charge >= 0.3 is 0 Å². The lowest BCUT2D eigenvalue weighted by atomic mass is 10.2. The second kappa shape index (κ2) is 9.35. The molecule has 2 heterocycles. The summed E-state index contributed by atoms with van der Waals surface area (Å²) in [5.74, 6) is 6.62. The number of carbonyl (C=O) groups excluding carboxylic acids is 1. The van der Waals surface area contributed by atoms with Crippen LogP contribution in [0, 0.1) is 11.8 Å². The molecule has 0 aliphatic heterocycles. The molecule has 0 atom stereocenters. The topological polar surface area (TPSA) is 64.1 Å². The first-order chi connectivity index (χ1) is 13.3. The van der Waals surface area contributed by atoms with E-state index < -0.39 is 0 Å². The van der Waals surface area contributed by atoms with Crippen LogP contribution in [0.1, 0.15) is 35.8 Å². The SMILES string of the molecule is CCC#CCCOc1cccc(CNC(=O)c2ccc3ncccc3n2)c1. The lowest BCUT2D eigenvalue weighted by molar-refractivity contribution is 0.0946. The van der Waals surface area contributed by atoms with Gasteiger partial charge in [-0.25, -0.2) is 4.98 Å².